The van der Waals surface area contributed by atoms with Gasteiger partial charge in [0.2, 0.25) is 5.91 Å². The van der Waals surface area contributed by atoms with Crippen LogP contribution in [0.4, 0.5) is 13.2 Å². The van der Waals surface area contributed by atoms with Gasteiger partial charge in [-0.2, -0.15) is 13.2 Å². The van der Waals surface area contributed by atoms with Crippen molar-refractivity contribution in [2.45, 2.75) is 25.7 Å². The van der Waals surface area contributed by atoms with E-state index in [9.17, 15) is 18.0 Å². The van der Waals surface area contributed by atoms with Gasteiger partial charge in [-0.25, -0.2) is 0 Å². The molecule has 1 amide bonds. The Morgan fingerprint density at radius 2 is 1.81 bits per heavy atom. The van der Waals surface area contributed by atoms with Crippen LogP contribution in [0.25, 0.3) is 0 Å². The molecule has 0 aliphatic carbocycles. The fraction of sp³-hybridized carbons (Fsp3) is 0.368. The smallest absolute Gasteiger partial charge is 0.337 e. The molecule has 0 unspecified atom stereocenters. The van der Waals surface area contributed by atoms with E-state index in [1.165, 1.54) is 6.07 Å². The van der Waals surface area contributed by atoms with Crippen molar-refractivity contribution in [3.8, 4) is 0 Å². The Balaban J connectivity index is 1.63. The Bertz CT molecular complexity index is 749. The number of hydrogen-bond acceptors (Lipinski definition) is 3. The van der Waals surface area contributed by atoms with Crippen molar-refractivity contribution in [3.05, 3.63) is 65.5 Å². The topological polar surface area (TPSA) is 36.4 Å². The van der Waals surface area contributed by atoms with Crippen molar-refractivity contribution < 1.29 is 18.0 Å². The van der Waals surface area contributed by atoms with Gasteiger partial charge >= 0.3 is 6.18 Å². The van der Waals surface area contributed by atoms with E-state index in [-0.39, 0.29) is 12.5 Å². The van der Waals surface area contributed by atoms with Gasteiger partial charge in [0, 0.05) is 51.5 Å². The van der Waals surface area contributed by atoms with Crippen molar-refractivity contribution in [2.24, 2.45) is 0 Å². The molecule has 1 saturated heterocycles. The fourth-order valence-corrected chi connectivity index (χ4v) is 3.05. The molecular weight excluding hydrogens is 343 g/mol. The summed E-state index contributed by atoms with van der Waals surface area (Å²) in [6.45, 7) is 2.71. The molecule has 0 spiro atoms. The molecule has 1 aromatic heterocycles. The molecule has 0 bridgehead atoms. The minimum absolute atomic E-state index is 0.0314. The van der Waals surface area contributed by atoms with Gasteiger partial charge in [0.15, 0.2) is 0 Å². The second-order valence-corrected chi connectivity index (χ2v) is 6.40. The summed E-state index contributed by atoms with van der Waals surface area (Å²) in [5, 5.41) is 0. The summed E-state index contributed by atoms with van der Waals surface area (Å²) in [5.74, 6) is -0.0314. The third kappa shape index (κ3) is 4.82. The number of benzene rings is 1. The lowest BCUT2D eigenvalue weighted by molar-refractivity contribution is -0.137. The van der Waals surface area contributed by atoms with Crippen LogP contribution >= 0.6 is 0 Å². The van der Waals surface area contributed by atoms with E-state index in [4.69, 9.17) is 0 Å². The first-order valence-electron chi connectivity index (χ1n) is 8.47. The Hall–Kier alpha value is -2.41. The minimum atomic E-state index is -4.38. The van der Waals surface area contributed by atoms with E-state index in [2.05, 4.69) is 9.88 Å². The van der Waals surface area contributed by atoms with Crippen molar-refractivity contribution in [2.75, 3.05) is 19.6 Å². The molecule has 2 aromatic rings. The normalized spacial score (nSPS) is 16.6. The summed E-state index contributed by atoms with van der Waals surface area (Å²) in [6, 6.07) is 9.03. The lowest BCUT2D eigenvalue weighted by Crippen LogP contribution is -2.32. The van der Waals surface area contributed by atoms with Gasteiger partial charge in [-0.15, -0.1) is 0 Å². The second-order valence-electron chi connectivity index (χ2n) is 6.40. The zero-order valence-corrected chi connectivity index (χ0v) is 14.2. The first kappa shape index (κ1) is 18.4. The monoisotopic (exact) mass is 363 g/mol. The molecule has 3 rings (SSSR count). The van der Waals surface area contributed by atoms with Crippen LogP contribution in [0.1, 0.15) is 23.1 Å². The summed E-state index contributed by atoms with van der Waals surface area (Å²) >= 11 is 0. The first-order valence-corrected chi connectivity index (χ1v) is 8.47. The van der Waals surface area contributed by atoms with Gasteiger partial charge in [-0.1, -0.05) is 18.2 Å². The van der Waals surface area contributed by atoms with Crippen LogP contribution in [0.15, 0.2) is 48.8 Å². The fourth-order valence-electron chi connectivity index (χ4n) is 3.05. The zero-order valence-electron chi connectivity index (χ0n) is 14.2. The van der Waals surface area contributed by atoms with Gasteiger partial charge in [0.1, 0.15) is 0 Å². The van der Waals surface area contributed by atoms with E-state index in [1.54, 1.807) is 23.4 Å². The second kappa shape index (κ2) is 7.86. The Morgan fingerprint density at radius 1 is 1.00 bits per heavy atom. The predicted octanol–water partition coefficient (Wildman–Crippen LogP) is 3.33. The van der Waals surface area contributed by atoms with Crippen molar-refractivity contribution >= 4 is 5.91 Å². The van der Waals surface area contributed by atoms with E-state index >= 15 is 0 Å². The summed E-state index contributed by atoms with van der Waals surface area (Å²) in [4.78, 5) is 20.3. The molecule has 138 valence electrons. The van der Waals surface area contributed by atoms with Crippen LogP contribution in [0.3, 0.4) is 0 Å². The van der Waals surface area contributed by atoms with Gasteiger partial charge in [0.05, 0.1) is 5.56 Å². The zero-order chi connectivity index (χ0) is 18.6. The van der Waals surface area contributed by atoms with Crippen LogP contribution in [-0.2, 0) is 24.1 Å². The van der Waals surface area contributed by atoms with Crippen LogP contribution < -0.4 is 0 Å². The molecule has 0 N–H and O–H groups in total. The maximum absolute atomic E-state index is 12.9. The summed E-state index contributed by atoms with van der Waals surface area (Å²) in [6.07, 6.45) is -0.502. The van der Waals surface area contributed by atoms with Crippen LogP contribution in [0.2, 0.25) is 0 Å². The highest BCUT2D eigenvalue weighted by Gasteiger charge is 2.30. The number of nitrogens with zero attached hydrogens (tertiary/aromatic N) is 3. The molecule has 4 nitrogen and oxygen atoms in total. The lowest BCUT2D eigenvalue weighted by atomic mass is 10.1. The molecule has 26 heavy (non-hydrogen) atoms. The minimum Gasteiger partial charge on any atom is -0.337 e. The van der Waals surface area contributed by atoms with Gasteiger partial charge in [-0.3, -0.25) is 14.7 Å². The van der Waals surface area contributed by atoms with Gasteiger partial charge in [0.25, 0.3) is 0 Å². The van der Waals surface area contributed by atoms with E-state index in [0.29, 0.717) is 38.2 Å². The molecule has 0 saturated carbocycles. The van der Waals surface area contributed by atoms with Gasteiger partial charge in [-0.05, 0) is 29.3 Å². The summed E-state index contributed by atoms with van der Waals surface area (Å²) in [5.41, 5.74) is 0.885. The maximum atomic E-state index is 12.9. The number of rotatable bonds is 4. The molecule has 0 atom stereocenters. The first-order chi connectivity index (χ1) is 12.4. The highest BCUT2D eigenvalue weighted by Crippen LogP contribution is 2.29. The van der Waals surface area contributed by atoms with Crippen molar-refractivity contribution in [3.63, 3.8) is 0 Å². The molecule has 1 aromatic carbocycles. The Labute approximate surface area is 150 Å². The average molecular weight is 363 g/mol. The standard InChI is InChI=1S/C19H20F3N3O/c20-19(21,22)17-5-1-3-15(11-17)14-25-10-9-24(8-6-18(25)26)13-16-4-2-7-23-12-16/h1-5,7,11-12H,6,8-10,13-14H2. The van der Waals surface area contributed by atoms with Crippen molar-refractivity contribution in [1.82, 2.24) is 14.8 Å². The summed E-state index contributed by atoms with van der Waals surface area (Å²) < 4.78 is 38.6. The van der Waals surface area contributed by atoms with E-state index in [0.717, 1.165) is 17.7 Å². The highest BCUT2D eigenvalue weighted by atomic mass is 19.4. The van der Waals surface area contributed by atoms with E-state index < -0.39 is 11.7 Å². The van der Waals surface area contributed by atoms with Crippen molar-refractivity contribution in [1.29, 1.82) is 0 Å². The number of carbonyl (C=O) groups excluding carboxylic acids is 1. The average Bonchev–Trinajstić information content (AvgIpc) is 2.78. The maximum Gasteiger partial charge on any atom is 0.416 e. The number of hydrogen-bond donors (Lipinski definition) is 0. The molecule has 7 heteroatoms. The largest absolute Gasteiger partial charge is 0.416 e. The molecular formula is C19H20F3N3O. The number of halogens is 3. The third-order valence-electron chi connectivity index (χ3n) is 4.44. The van der Waals surface area contributed by atoms with Crippen LogP contribution in [0.5, 0.6) is 0 Å². The SMILES string of the molecule is O=C1CCN(Cc2cccnc2)CCN1Cc1cccc(C(F)(F)F)c1. The quantitative estimate of drug-likeness (QED) is 0.836. The molecule has 1 fully saturated rings. The molecule has 1 aliphatic heterocycles. The molecule has 0 radical (unpaired) electrons. The predicted molar refractivity (Wildman–Crippen MR) is 91.0 cm³/mol. The Morgan fingerprint density at radius 3 is 2.54 bits per heavy atom. The highest BCUT2D eigenvalue weighted by molar-refractivity contribution is 5.76. The third-order valence-corrected chi connectivity index (χ3v) is 4.44. The number of alkyl halides is 3. The number of amides is 1. The number of aromatic nitrogens is 1. The lowest BCUT2D eigenvalue weighted by Gasteiger charge is -2.22. The van der Waals surface area contributed by atoms with E-state index in [1.807, 2.05) is 12.1 Å². The molecule has 2 heterocycles. The molecule has 1 aliphatic rings. The number of carbonyl (C=O) groups is 1. The summed E-state index contributed by atoms with van der Waals surface area (Å²) in [7, 11) is 0. The Kier molecular flexibility index (Phi) is 5.56. The van der Waals surface area contributed by atoms with Gasteiger partial charge < -0.3 is 4.90 Å². The van der Waals surface area contributed by atoms with Crippen LogP contribution in [-0.4, -0.2) is 40.3 Å². The number of pyridine rings is 1. The van der Waals surface area contributed by atoms with Crippen LogP contribution in [0, 0.1) is 0 Å².